The van der Waals surface area contributed by atoms with Crippen LogP contribution in [0, 0.1) is 0 Å². The van der Waals surface area contributed by atoms with Gasteiger partial charge in [-0.05, 0) is 55.0 Å². The lowest BCUT2D eigenvalue weighted by Crippen LogP contribution is -2.23. The van der Waals surface area contributed by atoms with Gasteiger partial charge in [-0.15, -0.1) is 0 Å². The maximum Gasteiger partial charge on any atom is 0.251 e. The molecule has 1 amide bonds. The number of rotatable bonds is 7. The first-order chi connectivity index (χ1) is 14.2. The van der Waals surface area contributed by atoms with Gasteiger partial charge in [0.1, 0.15) is 5.75 Å². The number of benzene rings is 3. The summed E-state index contributed by atoms with van der Waals surface area (Å²) < 4.78 is 5.60. The average molecular weight is 406 g/mol. The van der Waals surface area contributed by atoms with Crippen molar-refractivity contribution in [3.63, 3.8) is 0 Å². The van der Waals surface area contributed by atoms with Gasteiger partial charge in [0, 0.05) is 17.8 Å². The molecule has 0 aromatic heterocycles. The van der Waals surface area contributed by atoms with Crippen molar-refractivity contribution in [2.45, 2.75) is 13.5 Å². The molecule has 0 saturated carbocycles. The third-order valence-electron chi connectivity index (χ3n) is 4.11. The molecule has 0 aliphatic heterocycles. The summed E-state index contributed by atoms with van der Waals surface area (Å²) in [6, 6.07) is 24.6. The predicted octanol–water partition coefficient (Wildman–Crippen LogP) is 4.82. The Labute approximate surface area is 176 Å². The van der Waals surface area contributed by atoms with E-state index in [-0.39, 0.29) is 5.91 Å². The minimum absolute atomic E-state index is 0.141. The molecule has 3 aromatic rings. The Morgan fingerprint density at radius 3 is 2.48 bits per heavy atom. The molecule has 0 saturated heterocycles. The molecule has 5 nitrogen and oxygen atoms in total. The van der Waals surface area contributed by atoms with Crippen molar-refractivity contribution in [2.24, 2.45) is 0 Å². The van der Waals surface area contributed by atoms with E-state index in [1.165, 1.54) is 0 Å². The molecule has 0 unspecified atom stereocenters. The van der Waals surface area contributed by atoms with Gasteiger partial charge >= 0.3 is 0 Å². The second-order valence-electron chi connectivity index (χ2n) is 6.26. The summed E-state index contributed by atoms with van der Waals surface area (Å²) in [5, 5.41) is 9.59. The van der Waals surface area contributed by atoms with Crippen LogP contribution in [-0.2, 0) is 6.54 Å². The van der Waals surface area contributed by atoms with Gasteiger partial charge in [-0.3, -0.25) is 4.79 Å². The summed E-state index contributed by atoms with van der Waals surface area (Å²) >= 11 is 5.41. The lowest BCUT2D eigenvalue weighted by Gasteiger charge is -2.14. The van der Waals surface area contributed by atoms with Crippen molar-refractivity contribution in [2.75, 3.05) is 17.2 Å². The molecule has 0 atom stereocenters. The number of carbonyl (C=O) groups excluding carboxylic acids is 1. The van der Waals surface area contributed by atoms with Crippen LogP contribution >= 0.6 is 12.2 Å². The van der Waals surface area contributed by atoms with E-state index in [2.05, 4.69) is 16.0 Å². The van der Waals surface area contributed by atoms with Crippen LogP contribution in [0.25, 0.3) is 0 Å². The SMILES string of the molecule is CCOc1ccccc1NC(=S)Nc1cccc(C(=O)NCc2ccccc2)c1. The third kappa shape index (κ3) is 6.05. The lowest BCUT2D eigenvalue weighted by atomic mass is 10.1. The van der Waals surface area contributed by atoms with Gasteiger partial charge in [-0.25, -0.2) is 0 Å². The van der Waals surface area contributed by atoms with Crippen molar-refractivity contribution in [3.05, 3.63) is 90.0 Å². The van der Waals surface area contributed by atoms with E-state index in [9.17, 15) is 4.79 Å². The molecular weight excluding hydrogens is 382 g/mol. The number of hydrogen-bond acceptors (Lipinski definition) is 3. The van der Waals surface area contributed by atoms with E-state index in [0.29, 0.717) is 23.8 Å². The summed E-state index contributed by atoms with van der Waals surface area (Å²) in [5.74, 6) is 0.589. The van der Waals surface area contributed by atoms with Crippen molar-refractivity contribution >= 4 is 34.6 Å². The zero-order valence-electron chi connectivity index (χ0n) is 16.1. The van der Waals surface area contributed by atoms with Crippen molar-refractivity contribution in [1.82, 2.24) is 5.32 Å². The zero-order valence-corrected chi connectivity index (χ0v) is 17.0. The zero-order chi connectivity index (χ0) is 20.5. The molecule has 0 bridgehead atoms. The highest BCUT2D eigenvalue weighted by Crippen LogP contribution is 2.24. The Balaban J connectivity index is 1.60. The number of ether oxygens (including phenoxy) is 1. The molecule has 3 rings (SSSR count). The number of amides is 1. The molecule has 6 heteroatoms. The van der Waals surface area contributed by atoms with Crippen LogP contribution in [0.15, 0.2) is 78.9 Å². The number of hydrogen-bond donors (Lipinski definition) is 3. The van der Waals surface area contributed by atoms with E-state index in [1.54, 1.807) is 12.1 Å². The molecule has 0 aliphatic rings. The van der Waals surface area contributed by atoms with Gasteiger partial charge in [0.05, 0.1) is 12.3 Å². The number of anilines is 2. The van der Waals surface area contributed by atoms with E-state index >= 15 is 0 Å². The molecule has 0 aliphatic carbocycles. The number of carbonyl (C=O) groups is 1. The van der Waals surface area contributed by atoms with Gasteiger partial charge in [0.25, 0.3) is 5.91 Å². The predicted molar refractivity (Wildman–Crippen MR) is 122 cm³/mol. The topological polar surface area (TPSA) is 62.4 Å². The summed E-state index contributed by atoms with van der Waals surface area (Å²) in [7, 11) is 0. The highest BCUT2D eigenvalue weighted by molar-refractivity contribution is 7.80. The van der Waals surface area contributed by atoms with Gasteiger partial charge in [-0.1, -0.05) is 48.5 Å². The van der Waals surface area contributed by atoms with E-state index in [4.69, 9.17) is 17.0 Å². The van der Waals surface area contributed by atoms with Crippen LogP contribution in [0.3, 0.4) is 0 Å². The van der Waals surface area contributed by atoms with Crippen LogP contribution in [0.4, 0.5) is 11.4 Å². The molecule has 3 aromatic carbocycles. The summed E-state index contributed by atoms with van der Waals surface area (Å²) in [5.41, 5.74) is 3.12. The fourth-order valence-electron chi connectivity index (χ4n) is 2.75. The second kappa shape index (κ2) is 10.2. The van der Waals surface area contributed by atoms with Crippen molar-refractivity contribution < 1.29 is 9.53 Å². The quantitative estimate of drug-likeness (QED) is 0.492. The summed E-state index contributed by atoms with van der Waals surface area (Å²) in [6.45, 7) is 2.98. The Hall–Kier alpha value is -3.38. The monoisotopic (exact) mass is 405 g/mol. The molecular formula is C23H23N3O2S. The van der Waals surface area contributed by atoms with Crippen LogP contribution in [0.5, 0.6) is 5.75 Å². The fraction of sp³-hybridized carbons (Fsp3) is 0.130. The number of thiocarbonyl (C=S) groups is 1. The Kier molecular flexibility index (Phi) is 7.19. The van der Waals surface area contributed by atoms with Crippen LogP contribution in [0.2, 0.25) is 0 Å². The largest absolute Gasteiger partial charge is 0.492 e. The second-order valence-corrected chi connectivity index (χ2v) is 6.67. The lowest BCUT2D eigenvalue weighted by molar-refractivity contribution is 0.0951. The minimum atomic E-state index is -0.141. The van der Waals surface area contributed by atoms with Gasteiger partial charge in [-0.2, -0.15) is 0 Å². The highest BCUT2D eigenvalue weighted by Gasteiger charge is 2.08. The first kappa shape index (κ1) is 20.4. The number of nitrogens with one attached hydrogen (secondary N) is 3. The summed E-state index contributed by atoms with van der Waals surface area (Å²) in [4.78, 5) is 12.5. The van der Waals surface area contributed by atoms with Gasteiger partial charge in [0.2, 0.25) is 0 Å². The normalized spacial score (nSPS) is 10.1. The maximum absolute atomic E-state index is 12.5. The number of para-hydroxylation sites is 2. The van der Waals surface area contributed by atoms with Crippen LogP contribution < -0.4 is 20.7 Å². The van der Waals surface area contributed by atoms with Crippen LogP contribution in [-0.4, -0.2) is 17.6 Å². The Morgan fingerprint density at radius 1 is 0.931 bits per heavy atom. The van der Waals surface area contributed by atoms with Gasteiger partial charge in [0.15, 0.2) is 5.11 Å². The Morgan fingerprint density at radius 2 is 1.69 bits per heavy atom. The van der Waals surface area contributed by atoms with E-state index < -0.39 is 0 Å². The molecule has 0 spiro atoms. The Bertz CT molecular complexity index is 977. The van der Waals surface area contributed by atoms with Crippen LogP contribution in [0.1, 0.15) is 22.8 Å². The van der Waals surface area contributed by atoms with Gasteiger partial charge < -0.3 is 20.7 Å². The van der Waals surface area contributed by atoms with Crippen molar-refractivity contribution in [1.29, 1.82) is 0 Å². The molecule has 0 fully saturated rings. The highest BCUT2D eigenvalue weighted by atomic mass is 32.1. The molecule has 148 valence electrons. The standard InChI is InChI=1S/C23H23N3O2S/c1-2-28-21-14-7-6-13-20(21)26-23(29)25-19-12-8-11-18(15-19)22(27)24-16-17-9-4-3-5-10-17/h3-15H,2,16H2,1H3,(H,24,27)(H2,25,26,29). The average Bonchev–Trinajstić information content (AvgIpc) is 2.74. The fourth-order valence-corrected chi connectivity index (χ4v) is 2.98. The van der Waals surface area contributed by atoms with E-state index in [1.807, 2.05) is 73.7 Å². The molecule has 3 N–H and O–H groups in total. The maximum atomic E-state index is 12.5. The third-order valence-corrected chi connectivity index (χ3v) is 4.32. The first-order valence-electron chi connectivity index (χ1n) is 9.37. The minimum Gasteiger partial charge on any atom is -0.492 e. The summed E-state index contributed by atoms with van der Waals surface area (Å²) in [6.07, 6.45) is 0. The van der Waals surface area contributed by atoms with Crippen molar-refractivity contribution in [3.8, 4) is 5.75 Å². The smallest absolute Gasteiger partial charge is 0.251 e. The molecule has 29 heavy (non-hydrogen) atoms. The molecule has 0 radical (unpaired) electrons. The van der Waals surface area contributed by atoms with E-state index in [0.717, 1.165) is 22.7 Å². The molecule has 0 heterocycles. The first-order valence-corrected chi connectivity index (χ1v) is 9.78.